The number of urea groups is 1. The van der Waals surface area contributed by atoms with Gasteiger partial charge in [0, 0.05) is 47.1 Å². The van der Waals surface area contributed by atoms with Gasteiger partial charge in [-0.2, -0.15) is 0 Å². The van der Waals surface area contributed by atoms with Crippen LogP contribution in [0.2, 0.25) is 0 Å². The van der Waals surface area contributed by atoms with E-state index in [9.17, 15) is 9.00 Å². The third-order valence-corrected chi connectivity index (χ3v) is 4.46. The number of nitrogens with one attached hydrogen (secondary N) is 1. The van der Waals surface area contributed by atoms with Gasteiger partial charge in [0.25, 0.3) is 0 Å². The summed E-state index contributed by atoms with van der Waals surface area (Å²) in [6, 6.07) is 10.5. The molecule has 1 aromatic heterocycles. The predicted molar refractivity (Wildman–Crippen MR) is 88.2 cm³/mol. The van der Waals surface area contributed by atoms with Crippen molar-refractivity contribution in [2.24, 2.45) is 0 Å². The Hall–Kier alpha value is -2.21. The molecular weight excluding hydrogens is 298 g/mol. The number of carbonyl (C=O) groups is 1. The molecule has 0 aliphatic rings. The molecule has 1 N–H and O–H groups in total. The Morgan fingerprint density at radius 2 is 1.77 bits per heavy atom. The van der Waals surface area contributed by atoms with E-state index in [2.05, 4.69) is 10.3 Å². The molecule has 2 amide bonds. The minimum absolute atomic E-state index is 0.0644. The molecule has 0 saturated carbocycles. The molecule has 1 heterocycles. The summed E-state index contributed by atoms with van der Waals surface area (Å²) in [7, 11) is 0.726. The molecule has 0 aliphatic heterocycles. The van der Waals surface area contributed by atoms with Gasteiger partial charge < -0.3 is 10.2 Å². The minimum Gasteiger partial charge on any atom is -0.321 e. The molecule has 6 heteroatoms. The molecule has 22 heavy (non-hydrogen) atoms. The fraction of sp³-hybridized carbons (Fsp3) is 0.250. The van der Waals surface area contributed by atoms with E-state index in [-0.39, 0.29) is 12.1 Å². The summed E-state index contributed by atoms with van der Waals surface area (Å²) < 4.78 is 11.3. The molecule has 1 aromatic carbocycles. The quantitative estimate of drug-likeness (QED) is 0.943. The number of carbonyl (C=O) groups excluding carboxylic acids is 1. The van der Waals surface area contributed by atoms with Gasteiger partial charge in [0.1, 0.15) is 0 Å². The molecule has 0 fully saturated rings. The lowest BCUT2D eigenvalue weighted by atomic mass is 10.1. The van der Waals surface area contributed by atoms with E-state index < -0.39 is 10.8 Å². The monoisotopic (exact) mass is 317 g/mol. The molecule has 0 bridgehead atoms. The normalized spacial score (nSPS) is 13.2. The fourth-order valence-electron chi connectivity index (χ4n) is 1.98. The number of anilines is 1. The molecule has 5 nitrogen and oxygen atoms in total. The van der Waals surface area contributed by atoms with Crippen LogP contribution in [0.15, 0.2) is 53.7 Å². The average Bonchev–Trinajstić information content (AvgIpc) is 2.54. The summed E-state index contributed by atoms with van der Waals surface area (Å²) in [6.07, 6.45) is 5.04. The molecule has 0 spiro atoms. The van der Waals surface area contributed by atoms with Gasteiger partial charge >= 0.3 is 6.03 Å². The van der Waals surface area contributed by atoms with Gasteiger partial charge in [-0.25, -0.2) is 4.79 Å². The predicted octanol–water partition coefficient (Wildman–Crippen LogP) is 3.04. The van der Waals surface area contributed by atoms with Crippen molar-refractivity contribution in [2.45, 2.75) is 17.9 Å². The number of hydrogen-bond acceptors (Lipinski definition) is 3. The van der Waals surface area contributed by atoms with Crippen LogP contribution in [0.3, 0.4) is 0 Å². The van der Waals surface area contributed by atoms with Crippen molar-refractivity contribution in [1.82, 2.24) is 9.88 Å². The van der Waals surface area contributed by atoms with Crippen LogP contribution >= 0.6 is 0 Å². The van der Waals surface area contributed by atoms with Crippen LogP contribution in [0.25, 0.3) is 0 Å². The average molecular weight is 317 g/mol. The molecule has 2 aromatic rings. The Morgan fingerprint density at radius 3 is 2.32 bits per heavy atom. The third-order valence-electron chi connectivity index (χ3n) is 3.53. The fourth-order valence-corrected chi connectivity index (χ4v) is 2.50. The number of pyridine rings is 1. The number of hydrogen-bond donors (Lipinski definition) is 1. The van der Waals surface area contributed by atoms with Crippen LogP contribution < -0.4 is 5.32 Å². The Morgan fingerprint density at radius 1 is 1.18 bits per heavy atom. The Bertz CT molecular complexity index is 659. The maximum Gasteiger partial charge on any atom is 0.322 e. The Labute approximate surface area is 132 Å². The molecular formula is C16H19N3O2S. The summed E-state index contributed by atoms with van der Waals surface area (Å²) in [5.41, 5.74) is 1.69. The highest BCUT2D eigenvalue weighted by Gasteiger charge is 2.17. The maximum atomic E-state index is 12.3. The first kappa shape index (κ1) is 16.2. The molecule has 0 unspecified atom stereocenters. The highest BCUT2D eigenvalue weighted by Crippen LogP contribution is 2.19. The van der Waals surface area contributed by atoms with E-state index >= 15 is 0 Å². The molecule has 0 aliphatic carbocycles. The Balaban J connectivity index is 2.03. The van der Waals surface area contributed by atoms with E-state index in [0.717, 1.165) is 10.5 Å². The van der Waals surface area contributed by atoms with Crippen molar-refractivity contribution >= 4 is 22.5 Å². The number of amides is 2. The van der Waals surface area contributed by atoms with E-state index in [4.69, 9.17) is 0 Å². The highest BCUT2D eigenvalue weighted by atomic mass is 32.2. The van der Waals surface area contributed by atoms with Crippen molar-refractivity contribution in [3.05, 3.63) is 54.4 Å². The lowest BCUT2D eigenvalue weighted by Gasteiger charge is -2.25. The second kappa shape index (κ2) is 7.17. The van der Waals surface area contributed by atoms with Gasteiger partial charge in [0.15, 0.2) is 0 Å². The van der Waals surface area contributed by atoms with E-state index in [0.29, 0.717) is 5.69 Å². The van der Waals surface area contributed by atoms with Crippen LogP contribution in [0.1, 0.15) is 18.5 Å². The molecule has 116 valence electrons. The zero-order valence-corrected chi connectivity index (χ0v) is 13.6. The standard InChI is InChI=1S/C16H19N3O2S/c1-12(13-8-10-17-11-9-13)19(2)16(20)18-14-4-6-15(7-5-14)22(3)21/h4-12H,1-3H3,(H,18,20)/t12-,22+/m0/s1. The van der Waals surface area contributed by atoms with Crippen molar-refractivity contribution in [2.75, 3.05) is 18.6 Å². The lowest BCUT2D eigenvalue weighted by molar-refractivity contribution is 0.208. The number of nitrogens with zero attached hydrogens (tertiary/aromatic N) is 2. The first-order chi connectivity index (χ1) is 10.5. The zero-order chi connectivity index (χ0) is 16.1. The number of benzene rings is 1. The van der Waals surface area contributed by atoms with Gasteiger partial charge in [0.05, 0.1) is 6.04 Å². The summed E-state index contributed by atoms with van der Waals surface area (Å²) in [4.78, 5) is 18.6. The van der Waals surface area contributed by atoms with E-state index in [1.807, 2.05) is 19.1 Å². The summed E-state index contributed by atoms with van der Waals surface area (Å²) >= 11 is 0. The molecule has 0 saturated heterocycles. The lowest BCUT2D eigenvalue weighted by Crippen LogP contribution is -2.33. The summed E-state index contributed by atoms with van der Waals surface area (Å²) in [5, 5.41) is 2.83. The van der Waals surface area contributed by atoms with Crippen LogP contribution in [0.5, 0.6) is 0 Å². The SMILES string of the molecule is C[C@@H](c1ccncc1)N(C)C(=O)Nc1ccc([S@@](C)=O)cc1. The van der Waals surface area contributed by atoms with E-state index in [1.165, 1.54) is 0 Å². The van der Waals surface area contributed by atoms with Crippen molar-refractivity contribution < 1.29 is 9.00 Å². The molecule has 2 atom stereocenters. The smallest absolute Gasteiger partial charge is 0.321 e. The van der Waals surface area contributed by atoms with Crippen LogP contribution in [0, 0.1) is 0 Å². The molecule has 2 rings (SSSR count). The summed E-state index contributed by atoms with van der Waals surface area (Å²) in [5.74, 6) is 0. The Kier molecular flexibility index (Phi) is 5.27. The van der Waals surface area contributed by atoms with Crippen LogP contribution in [-0.2, 0) is 10.8 Å². The summed E-state index contributed by atoms with van der Waals surface area (Å²) in [6.45, 7) is 1.96. The van der Waals surface area contributed by atoms with Crippen molar-refractivity contribution in [3.8, 4) is 0 Å². The minimum atomic E-state index is -1.02. The number of rotatable bonds is 4. The van der Waals surface area contributed by atoms with Crippen molar-refractivity contribution in [3.63, 3.8) is 0 Å². The first-order valence-electron chi connectivity index (χ1n) is 6.86. The molecule has 0 radical (unpaired) electrons. The van der Waals surface area contributed by atoms with Gasteiger partial charge in [0.2, 0.25) is 0 Å². The topological polar surface area (TPSA) is 62.3 Å². The van der Waals surface area contributed by atoms with Crippen molar-refractivity contribution in [1.29, 1.82) is 0 Å². The second-order valence-corrected chi connectivity index (χ2v) is 6.36. The highest BCUT2D eigenvalue weighted by molar-refractivity contribution is 7.84. The van der Waals surface area contributed by atoms with Gasteiger partial charge in [-0.05, 0) is 48.9 Å². The van der Waals surface area contributed by atoms with Gasteiger partial charge in [-0.1, -0.05) is 0 Å². The van der Waals surface area contributed by atoms with Crippen LogP contribution in [0.4, 0.5) is 10.5 Å². The third kappa shape index (κ3) is 3.92. The van der Waals surface area contributed by atoms with Gasteiger partial charge in [-0.3, -0.25) is 9.19 Å². The van der Waals surface area contributed by atoms with Gasteiger partial charge in [-0.15, -0.1) is 0 Å². The number of aromatic nitrogens is 1. The largest absolute Gasteiger partial charge is 0.322 e. The second-order valence-electron chi connectivity index (χ2n) is 4.98. The van der Waals surface area contributed by atoms with E-state index in [1.54, 1.807) is 54.9 Å². The first-order valence-corrected chi connectivity index (χ1v) is 8.42. The maximum absolute atomic E-state index is 12.3. The zero-order valence-electron chi connectivity index (χ0n) is 12.8. The van der Waals surface area contributed by atoms with Crippen LogP contribution in [-0.4, -0.2) is 33.4 Å².